The normalized spacial score (nSPS) is 20.6. The Labute approximate surface area is 158 Å². The second-order valence-corrected chi connectivity index (χ2v) is 9.06. The first-order chi connectivity index (χ1) is 13.0. The maximum Gasteiger partial charge on any atom is 0.323 e. The molecule has 1 aromatic carbocycles. The predicted octanol–water partition coefficient (Wildman–Crippen LogP) is 2.75. The van der Waals surface area contributed by atoms with Crippen molar-refractivity contribution in [3.05, 3.63) is 54.2 Å². The number of carbonyl (C=O) groups excluding carboxylic acids is 1. The molecule has 27 heavy (non-hydrogen) atoms. The molecule has 4 rings (SSSR count). The van der Waals surface area contributed by atoms with Crippen molar-refractivity contribution >= 4 is 21.9 Å². The summed E-state index contributed by atoms with van der Waals surface area (Å²) >= 11 is 0. The molecule has 8 heteroatoms. The van der Waals surface area contributed by atoms with Gasteiger partial charge in [-0.1, -0.05) is 36.8 Å². The highest BCUT2D eigenvalue weighted by atomic mass is 32.2. The number of nitrogens with zero attached hydrogens (tertiary/aromatic N) is 2. The number of likely N-dealkylation sites (tertiary alicyclic amines) is 1. The molecule has 2 heterocycles. The van der Waals surface area contributed by atoms with Crippen LogP contribution in [0.4, 0.5) is 10.6 Å². The number of hydrogen-bond donors (Lipinski definition) is 2. The number of urea groups is 1. The van der Waals surface area contributed by atoms with E-state index in [0.717, 1.165) is 24.9 Å². The van der Waals surface area contributed by atoms with Crippen molar-refractivity contribution in [2.24, 2.45) is 5.41 Å². The molecule has 1 saturated heterocycles. The quantitative estimate of drug-likeness (QED) is 0.845. The monoisotopic (exact) mass is 386 g/mol. The Hall–Kier alpha value is -2.45. The first-order valence-corrected chi connectivity index (χ1v) is 10.5. The van der Waals surface area contributed by atoms with Gasteiger partial charge in [-0.25, -0.2) is 22.9 Å². The fraction of sp³-hybridized carbons (Fsp3) is 0.368. The summed E-state index contributed by atoms with van der Waals surface area (Å²) in [4.78, 5) is 18.8. The van der Waals surface area contributed by atoms with Crippen LogP contribution < -0.4 is 10.0 Å². The second-order valence-electron chi connectivity index (χ2n) is 7.17. The smallest absolute Gasteiger partial charge is 0.316 e. The van der Waals surface area contributed by atoms with E-state index in [4.69, 9.17) is 0 Å². The number of rotatable bonds is 4. The number of anilines is 1. The lowest BCUT2D eigenvalue weighted by atomic mass is 9.56. The van der Waals surface area contributed by atoms with E-state index in [1.165, 1.54) is 31.8 Å². The van der Waals surface area contributed by atoms with Crippen LogP contribution in [0.2, 0.25) is 0 Å². The van der Waals surface area contributed by atoms with E-state index in [-0.39, 0.29) is 22.4 Å². The number of hydrogen-bond acceptors (Lipinski definition) is 4. The van der Waals surface area contributed by atoms with E-state index in [0.29, 0.717) is 5.82 Å². The van der Waals surface area contributed by atoms with Gasteiger partial charge in [-0.3, -0.25) is 5.32 Å². The van der Waals surface area contributed by atoms with Gasteiger partial charge >= 0.3 is 6.03 Å². The molecule has 1 saturated carbocycles. The average Bonchev–Trinajstić information content (AvgIpc) is 2.61. The van der Waals surface area contributed by atoms with Crippen LogP contribution in [0.25, 0.3) is 0 Å². The molecular formula is C19H22N4O3S. The zero-order chi connectivity index (χ0) is 19.1. The molecule has 1 aliphatic heterocycles. The Kier molecular flexibility index (Phi) is 4.39. The Bertz CT molecular complexity index is 941. The summed E-state index contributed by atoms with van der Waals surface area (Å²) in [6, 6.07) is 12.9. The third kappa shape index (κ3) is 3.08. The molecular weight excluding hydrogens is 364 g/mol. The van der Waals surface area contributed by atoms with E-state index in [1.54, 1.807) is 0 Å². The van der Waals surface area contributed by atoms with Gasteiger partial charge in [-0.05, 0) is 37.6 Å². The van der Waals surface area contributed by atoms with Crippen molar-refractivity contribution < 1.29 is 13.2 Å². The molecule has 142 valence electrons. The third-order valence-corrected chi connectivity index (χ3v) is 7.05. The molecule has 1 aliphatic carbocycles. The van der Waals surface area contributed by atoms with Crippen LogP contribution in [-0.2, 0) is 10.0 Å². The molecule has 1 atom stereocenters. The molecule has 2 amide bonds. The maximum atomic E-state index is 12.8. The Morgan fingerprint density at radius 3 is 2.48 bits per heavy atom. The first kappa shape index (κ1) is 17.9. The van der Waals surface area contributed by atoms with Gasteiger partial charge < -0.3 is 4.90 Å². The molecule has 2 fully saturated rings. The molecule has 1 unspecified atom stereocenters. The standard InChI is InChI=1S/C19H22N4O3S/c1-20-27(25,26)15-8-9-16(21-12-15)22-18(24)23-13-19(10-5-11-19)17(23)14-6-3-2-4-7-14/h2-4,6-9,12,17,20H,5,10-11,13H2,1H3,(H,21,22,24). The fourth-order valence-corrected chi connectivity index (χ4v) is 4.74. The summed E-state index contributed by atoms with van der Waals surface area (Å²) in [5, 5.41) is 2.79. The van der Waals surface area contributed by atoms with Crippen LogP contribution in [0.3, 0.4) is 0 Å². The van der Waals surface area contributed by atoms with Gasteiger partial charge in [0.2, 0.25) is 10.0 Å². The fourth-order valence-electron chi connectivity index (χ4n) is 4.07. The van der Waals surface area contributed by atoms with Crippen LogP contribution in [-0.4, -0.2) is 37.9 Å². The van der Waals surface area contributed by atoms with Crippen LogP contribution in [0.15, 0.2) is 53.6 Å². The van der Waals surface area contributed by atoms with Gasteiger partial charge in [-0.15, -0.1) is 0 Å². The number of amides is 2. The summed E-state index contributed by atoms with van der Waals surface area (Å²) in [6.45, 7) is 0.741. The minimum absolute atomic E-state index is 0.0579. The zero-order valence-electron chi connectivity index (χ0n) is 15.1. The van der Waals surface area contributed by atoms with Crippen LogP contribution in [0, 0.1) is 5.41 Å². The average molecular weight is 386 g/mol. The molecule has 1 spiro atoms. The largest absolute Gasteiger partial charge is 0.323 e. The Balaban J connectivity index is 1.50. The van der Waals surface area contributed by atoms with E-state index >= 15 is 0 Å². The van der Waals surface area contributed by atoms with Crippen molar-refractivity contribution in [2.75, 3.05) is 18.9 Å². The number of carbonyl (C=O) groups is 1. The van der Waals surface area contributed by atoms with Gasteiger partial charge in [-0.2, -0.15) is 0 Å². The van der Waals surface area contributed by atoms with Gasteiger partial charge in [0.25, 0.3) is 0 Å². The van der Waals surface area contributed by atoms with Gasteiger partial charge in [0.1, 0.15) is 10.7 Å². The molecule has 1 aromatic heterocycles. The summed E-state index contributed by atoms with van der Waals surface area (Å²) in [5.74, 6) is 0.330. The maximum absolute atomic E-state index is 12.8. The van der Waals surface area contributed by atoms with E-state index in [2.05, 4.69) is 27.2 Å². The van der Waals surface area contributed by atoms with Gasteiger partial charge in [0.15, 0.2) is 0 Å². The van der Waals surface area contributed by atoms with Crippen molar-refractivity contribution in [1.82, 2.24) is 14.6 Å². The molecule has 2 N–H and O–H groups in total. The molecule has 2 aromatic rings. The number of nitrogens with one attached hydrogen (secondary N) is 2. The highest BCUT2D eigenvalue weighted by Gasteiger charge is 2.57. The zero-order valence-corrected chi connectivity index (χ0v) is 15.9. The molecule has 2 aliphatic rings. The van der Waals surface area contributed by atoms with E-state index in [1.807, 2.05) is 23.1 Å². The highest BCUT2D eigenvalue weighted by molar-refractivity contribution is 7.89. The lowest BCUT2D eigenvalue weighted by Crippen LogP contribution is -2.64. The topological polar surface area (TPSA) is 91.4 Å². The lowest BCUT2D eigenvalue weighted by molar-refractivity contribution is -0.0970. The third-order valence-electron chi connectivity index (χ3n) is 5.65. The minimum Gasteiger partial charge on any atom is -0.316 e. The van der Waals surface area contributed by atoms with Gasteiger partial charge in [0, 0.05) is 18.2 Å². The van der Waals surface area contributed by atoms with Crippen molar-refractivity contribution in [3.63, 3.8) is 0 Å². The van der Waals surface area contributed by atoms with E-state index in [9.17, 15) is 13.2 Å². The molecule has 0 radical (unpaired) electrons. The highest BCUT2D eigenvalue weighted by Crippen LogP contribution is 2.60. The summed E-state index contributed by atoms with van der Waals surface area (Å²) in [5.41, 5.74) is 1.36. The molecule has 7 nitrogen and oxygen atoms in total. The summed E-state index contributed by atoms with van der Waals surface area (Å²) < 4.78 is 25.8. The van der Waals surface area contributed by atoms with Crippen LogP contribution in [0.5, 0.6) is 0 Å². The SMILES string of the molecule is CNS(=O)(=O)c1ccc(NC(=O)N2CC3(CCC3)C2c2ccccc2)nc1. The first-order valence-electron chi connectivity index (χ1n) is 8.97. The molecule has 0 bridgehead atoms. The predicted molar refractivity (Wildman–Crippen MR) is 102 cm³/mol. The number of aromatic nitrogens is 1. The summed E-state index contributed by atoms with van der Waals surface area (Å²) in [7, 11) is -2.20. The van der Waals surface area contributed by atoms with Gasteiger partial charge in [0.05, 0.1) is 6.04 Å². The number of sulfonamides is 1. The van der Waals surface area contributed by atoms with Crippen molar-refractivity contribution in [3.8, 4) is 0 Å². The number of pyridine rings is 1. The van der Waals surface area contributed by atoms with Crippen LogP contribution in [0.1, 0.15) is 30.9 Å². The minimum atomic E-state index is -3.54. The lowest BCUT2D eigenvalue weighted by Gasteiger charge is -2.62. The second kappa shape index (κ2) is 6.61. The summed E-state index contributed by atoms with van der Waals surface area (Å²) in [6.07, 6.45) is 4.73. The number of benzene rings is 1. The van der Waals surface area contributed by atoms with Crippen molar-refractivity contribution in [1.29, 1.82) is 0 Å². The van der Waals surface area contributed by atoms with E-state index < -0.39 is 10.0 Å². The Morgan fingerprint density at radius 1 is 1.19 bits per heavy atom. The van der Waals surface area contributed by atoms with Crippen molar-refractivity contribution in [2.45, 2.75) is 30.2 Å². The van der Waals surface area contributed by atoms with Crippen LogP contribution >= 0.6 is 0 Å². The Morgan fingerprint density at radius 2 is 1.93 bits per heavy atom.